The molecule has 0 aromatic heterocycles. The summed E-state index contributed by atoms with van der Waals surface area (Å²) in [6.07, 6.45) is 3.75. The number of allylic oxidation sites excluding steroid dienone is 2. The number of hydrogen-bond donors (Lipinski definition) is 1. The molecule has 0 aliphatic heterocycles. The molecule has 28 heavy (non-hydrogen) atoms. The van der Waals surface area contributed by atoms with Gasteiger partial charge in [0.1, 0.15) is 5.76 Å². The van der Waals surface area contributed by atoms with Crippen LogP contribution in [0.4, 0.5) is 11.4 Å². The van der Waals surface area contributed by atoms with Crippen molar-refractivity contribution in [3.05, 3.63) is 47.9 Å². The van der Waals surface area contributed by atoms with Crippen LogP contribution in [-0.2, 0) is 4.74 Å². The minimum absolute atomic E-state index is 0.397. The summed E-state index contributed by atoms with van der Waals surface area (Å²) in [6.45, 7) is 16.0. The van der Waals surface area contributed by atoms with Crippen LogP contribution < -0.4 is 4.90 Å². The lowest BCUT2D eigenvalue weighted by atomic mass is 10.0. The topological polar surface area (TPSA) is 51.9 Å². The summed E-state index contributed by atoms with van der Waals surface area (Å²) in [6, 6.07) is 8.83. The molecule has 0 unspecified atom stereocenters. The van der Waals surface area contributed by atoms with Gasteiger partial charge in [0, 0.05) is 37.4 Å². The van der Waals surface area contributed by atoms with Crippen molar-refractivity contribution in [3.8, 4) is 0 Å². The molecule has 0 bridgehead atoms. The molecular formula is C23H34N4O. The Morgan fingerprint density at radius 2 is 1.61 bits per heavy atom. The van der Waals surface area contributed by atoms with Gasteiger partial charge in [0.15, 0.2) is 0 Å². The van der Waals surface area contributed by atoms with Crippen LogP contribution in [0, 0.1) is 5.41 Å². The fourth-order valence-corrected chi connectivity index (χ4v) is 3.44. The molecule has 0 spiro atoms. The zero-order valence-corrected chi connectivity index (χ0v) is 18.1. The normalized spacial score (nSPS) is 15.5. The second-order valence-electron chi connectivity index (χ2n) is 6.95. The van der Waals surface area contributed by atoms with Crippen molar-refractivity contribution in [1.29, 1.82) is 5.41 Å². The minimum atomic E-state index is 0.397. The van der Waals surface area contributed by atoms with Gasteiger partial charge in [-0.1, -0.05) is 0 Å². The average Bonchev–Trinajstić information content (AvgIpc) is 2.67. The summed E-state index contributed by atoms with van der Waals surface area (Å²) in [7, 11) is 0. The van der Waals surface area contributed by atoms with Gasteiger partial charge >= 0.3 is 0 Å². The third-order valence-corrected chi connectivity index (χ3v) is 4.88. The van der Waals surface area contributed by atoms with Gasteiger partial charge in [-0.2, -0.15) is 0 Å². The fraction of sp³-hybridized carbons (Fsp3) is 0.478. The summed E-state index contributed by atoms with van der Waals surface area (Å²) in [5.41, 5.74) is 4.31. The standard InChI is InChI=1S/C23H34N4O/c1-7-26(8-2)22-15-20(24)23(28-10-4)16-21(22)25-18-11-13-19(14-12-18)27(9-3)17(5)6/h11-17,24H,7-10H2,1-6H3. The van der Waals surface area contributed by atoms with Crippen LogP contribution >= 0.6 is 0 Å². The lowest BCUT2D eigenvalue weighted by Gasteiger charge is -2.28. The molecule has 152 valence electrons. The molecule has 0 atom stereocenters. The van der Waals surface area contributed by atoms with Gasteiger partial charge in [0.2, 0.25) is 0 Å². The maximum Gasteiger partial charge on any atom is 0.146 e. The molecule has 1 aromatic carbocycles. The summed E-state index contributed by atoms with van der Waals surface area (Å²) >= 11 is 0. The highest BCUT2D eigenvalue weighted by atomic mass is 16.5. The Labute approximate surface area is 169 Å². The van der Waals surface area contributed by atoms with Crippen LogP contribution in [0.3, 0.4) is 0 Å². The van der Waals surface area contributed by atoms with E-state index in [0.29, 0.717) is 24.1 Å². The number of anilines is 1. The summed E-state index contributed by atoms with van der Waals surface area (Å²) < 4.78 is 5.64. The van der Waals surface area contributed by atoms with Gasteiger partial charge < -0.3 is 14.5 Å². The van der Waals surface area contributed by atoms with Crippen LogP contribution in [0.15, 0.2) is 52.9 Å². The predicted molar refractivity (Wildman–Crippen MR) is 120 cm³/mol. The van der Waals surface area contributed by atoms with Crippen LogP contribution in [0.25, 0.3) is 0 Å². The number of nitrogens with one attached hydrogen (secondary N) is 1. The number of hydrogen-bond acceptors (Lipinski definition) is 5. The van der Waals surface area contributed by atoms with E-state index in [-0.39, 0.29) is 0 Å². The number of aliphatic imine (C=N–C) groups is 1. The first-order valence-corrected chi connectivity index (χ1v) is 10.3. The fourth-order valence-electron chi connectivity index (χ4n) is 3.44. The van der Waals surface area contributed by atoms with E-state index in [1.807, 2.05) is 19.1 Å². The first-order chi connectivity index (χ1) is 13.4. The van der Waals surface area contributed by atoms with Crippen LogP contribution in [0.5, 0.6) is 0 Å². The van der Waals surface area contributed by atoms with Gasteiger partial charge in [0.25, 0.3) is 0 Å². The van der Waals surface area contributed by atoms with Crippen molar-refractivity contribution >= 4 is 22.8 Å². The largest absolute Gasteiger partial charge is 0.492 e. The lowest BCUT2D eigenvalue weighted by Crippen LogP contribution is -2.30. The first kappa shape index (κ1) is 21.7. The van der Waals surface area contributed by atoms with E-state index in [9.17, 15) is 0 Å². The highest BCUT2D eigenvalue weighted by molar-refractivity contribution is 6.22. The Bertz CT molecular complexity index is 755. The SMILES string of the molecule is CCOC1=CC(=Nc2ccc(N(CC)C(C)C)cc2)C(N(CC)CC)=CC1=N. The molecule has 0 saturated carbocycles. The first-order valence-electron chi connectivity index (χ1n) is 10.3. The van der Waals surface area contributed by atoms with Crippen LogP contribution in [0.2, 0.25) is 0 Å². The van der Waals surface area contributed by atoms with Crippen molar-refractivity contribution < 1.29 is 4.74 Å². The monoisotopic (exact) mass is 382 g/mol. The Morgan fingerprint density at radius 3 is 2.11 bits per heavy atom. The molecule has 0 radical (unpaired) electrons. The van der Waals surface area contributed by atoms with E-state index in [2.05, 4.69) is 68.7 Å². The predicted octanol–water partition coefficient (Wildman–Crippen LogP) is 5.17. The second-order valence-corrected chi connectivity index (χ2v) is 6.95. The average molecular weight is 383 g/mol. The van der Waals surface area contributed by atoms with Crippen LogP contribution in [-0.4, -0.2) is 48.6 Å². The molecule has 0 heterocycles. The molecule has 2 rings (SSSR count). The van der Waals surface area contributed by atoms with E-state index < -0.39 is 0 Å². The number of rotatable bonds is 9. The molecule has 5 heteroatoms. The van der Waals surface area contributed by atoms with Gasteiger partial charge in [-0.3, -0.25) is 5.41 Å². The van der Waals surface area contributed by atoms with E-state index >= 15 is 0 Å². The van der Waals surface area contributed by atoms with Gasteiger partial charge in [-0.15, -0.1) is 0 Å². The van der Waals surface area contributed by atoms with Crippen molar-refractivity contribution in [2.24, 2.45) is 4.99 Å². The Kier molecular flexibility index (Phi) is 7.85. The van der Waals surface area contributed by atoms with E-state index in [4.69, 9.17) is 15.1 Å². The molecule has 5 nitrogen and oxygen atoms in total. The molecule has 1 aliphatic carbocycles. The summed E-state index contributed by atoms with van der Waals surface area (Å²) in [5, 5.41) is 8.27. The number of benzene rings is 1. The van der Waals surface area contributed by atoms with Gasteiger partial charge in [0.05, 0.1) is 29.4 Å². The van der Waals surface area contributed by atoms with Crippen molar-refractivity contribution in [3.63, 3.8) is 0 Å². The zero-order valence-electron chi connectivity index (χ0n) is 18.1. The van der Waals surface area contributed by atoms with E-state index in [0.717, 1.165) is 36.7 Å². The van der Waals surface area contributed by atoms with E-state index in [1.54, 1.807) is 0 Å². The maximum atomic E-state index is 8.27. The van der Waals surface area contributed by atoms with Crippen molar-refractivity contribution in [2.45, 2.75) is 47.6 Å². The second kappa shape index (κ2) is 10.1. The lowest BCUT2D eigenvalue weighted by molar-refractivity contribution is 0.249. The molecule has 0 amide bonds. The highest BCUT2D eigenvalue weighted by Gasteiger charge is 2.21. The molecular weight excluding hydrogens is 348 g/mol. The minimum Gasteiger partial charge on any atom is -0.492 e. The summed E-state index contributed by atoms with van der Waals surface area (Å²) in [4.78, 5) is 9.46. The maximum absolute atomic E-state index is 8.27. The third kappa shape index (κ3) is 5.03. The highest BCUT2D eigenvalue weighted by Crippen LogP contribution is 2.25. The smallest absolute Gasteiger partial charge is 0.146 e. The molecule has 1 aromatic rings. The molecule has 0 fully saturated rings. The Hall–Kier alpha value is -2.56. The van der Waals surface area contributed by atoms with Crippen LogP contribution in [0.1, 0.15) is 41.5 Å². The third-order valence-electron chi connectivity index (χ3n) is 4.88. The molecule has 0 saturated heterocycles. The van der Waals surface area contributed by atoms with E-state index in [1.165, 1.54) is 5.69 Å². The van der Waals surface area contributed by atoms with Gasteiger partial charge in [-0.25, -0.2) is 4.99 Å². The zero-order chi connectivity index (χ0) is 20.7. The molecule has 1 aliphatic rings. The Morgan fingerprint density at radius 1 is 0.964 bits per heavy atom. The molecule has 1 N–H and O–H groups in total. The Balaban J connectivity index is 2.40. The van der Waals surface area contributed by atoms with Crippen molar-refractivity contribution in [2.75, 3.05) is 31.1 Å². The van der Waals surface area contributed by atoms with Crippen molar-refractivity contribution in [1.82, 2.24) is 4.90 Å². The summed E-state index contributed by atoms with van der Waals surface area (Å²) in [5.74, 6) is 0.575. The van der Waals surface area contributed by atoms with Gasteiger partial charge in [-0.05, 0) is 71.9 Å². The number of ether oxygens (including phenoxy) is 1. The quantitative estimate of drug-likeness (QED) is 0.599. The number of nitrogens with zero attached hydrogens (tertiary/aromatic N) is 3.